The van der Waals surface area contributed by atoms with E-state index in [0.29, 0.717) is 36.8 Å². The monoisotopic (exact) mass is 289 g/mol. The Morgan fingerprint density at radius 1 is 1.42 bits per heavy atom. The Hall–Kier alpha value is -0.260. The van der Waals surface area contributed by atoms with Gasteiger partial charge >= 0.3 is 5.97 Å². The van der Waals surface area contributed by atoms with E-state index < -0.39 is 11.4 Å². The molecule has 0 heterocycles. The standard InChI is InChI=1S/C14H27NO3S/c1-5-14(6-2,13(16)17)9-15-10-8-11(18-7-3)12(10)19-4/h10-12,15H,5-9H2,1-4H3,(H,16,17). The molecule has 0 spiro atoms. The quantitative estimate of drug-likeness (QED) is 0.682. The summed E-state index contributed by atoms with van der Waals surface area (Å²) in [5, 5.41) is 13.3. The molecule has 1 aliphatic carbocycles. The summed E-state index contributed by atoms with van der Waals surface area (Å²) in [6.45, 7) is 7.22. The van der Waals surface area contributed by atoms with Crippen LogP contribution in [0.3, 0.4) is 0 Å². The van der Waals surface area contributed by atoms with Gasteiger partial charge in [0, 0.05) is 24.4 Å². The van der Waals surface area contributed by atoms with Gasteiger partial charge in [0.25, 0.3) is 0 Å². The molecular formula is C14H27NO3S. The van der Waals surface area contributed by atoms with Crippen LogP contribution < -0.4 is 5.32 Å². The molecule has 3 atom stereocenters. The van der Waals surface area contributed by atoms with Gasteiger partial charge in [-0.05, 0) is 32.4 Å². The summed E-state index contributed by atoms with van der Waals surface area (Å²) >= 11 is 1.81. The molecule has 0 radical (unpaired) electrons. The molecule has 112 valence electrons. The Morgan fingerprint density at radius 3 is 2.47 bits per heavy atom. The van der Waals surface area contributed by atoms with Crippen molar-refractivity contribution in [2.75, 3.05) is 19.4 Å². The second-order valence-electron chi connectivity index (χ2n) is 5.21. The van der Waals surface area contributed by atoms with E-state index in [9.17, 15) is 9.90 Å². The number of nitrogens with one attached hydrogen (secondary N) is 1. The molecule has 0 amide bonds. The second kappa shape index (κ2) is 7.50. The third-order valence-corrected chi connectivity index (χ3v) is 5.59. The Bertz CT molecular complexity index is 294. The number of aliphatic carboxylic acids is 1. The van der Waals surface area contributed by atoms with Gasteiger partial charge in [-0.3, -0.25) is 4.79 Å². The first-order valence-electron chi connectivity index (χ1n) is 7.15. The van der Waals surface area contributed by atoms with Gasteiger partial charge in [-0.2, -0.15) is 11.8 Å². The lowest BCUT2D eigenvalue weighted by Crippen LogP contribution is -2.59. The van der Waals surface area contributed by atoms with E-state index in [1.807, 2.05) is 20.8 Å². The lowest BCUT2D eigenvalue weighted by Gasteiger charge is -2.45. The molecule has 0 aliphatic heterocycles. The first kappa shape index (κ1) is 16.8. The van der Waals surface area contributed by atoms with Crippen LogP contribution in [0, 0.1) is 5.41 Å². The van der Waals surface area contributed by atoms with Gasteiger partial charge in [0.2, 0.25) is 0 Å². The highest BCUT2D eigenvalue weighted by Crippen LogP contribution is 2.34. The highest BCUT2D eigenvalue weighted by molar-refractivity contribution is 7.99. The van der Waals surface area contributed by atoms with Crippen LogP contribution in [-0.4, -0.2) is 47.9 Å². The van der Waals surface area contributed by atoms with Crippen LogP contribution in [0.2, 0.25) is 0 Å². The van der Waals surface area contributed by atoms with Crippen LogP contribution in [0.4, 0.5) is 0 Å². The van der Waals surface area contributed by atoms with Gasteiger partial charge in [-0.15, -0.1) is 0 Å². The maximum Gasteiger partial charge on any atom is 0.310 e. The highest BCUT2D eigenvalue weighted by atomic mass is 32.2. The Morgan fingerprint density at radius 2 is 2.05 bits per heavy atom. The van der Waals surface area contributed by atoms with E-state index in [0.717, 1.165) is 13.0 Å². The van der Waals surface area contributed by atoms with Gasteiger partial charge < -0.3 is 15.2 Å². The fourth-order valence-corrected chi connectivity index (χ4v) is 3.71. The minimum absolute atomic E-state index is 0.319. The van der Waals surface area contributed by atoms with Crippen LogP contribution >= 0.6 is 11.8 Å². The highest BCUT2D eigenvalue weighted by Gasteiger charge is 2.43. The molecule has 1 fully saturated rings. The summed E-state index contributed by atoms with van der Waals surface area (Å²) < 4.78 is 5.67. The van der Waals surface area contributed by atoms with Gasteiger partial charge in [-0.25, -0.2) is 0 Å². The van der Waals surface area contributed by atoms with Crippen molar-refractivity contribution in [3.63, 3.8) is 0 Å². The van der Waals surface area contributed by atoms with E-state index in [2.05, 4.69) is 11.6 Å². The molecule has 0 bridgehead atoms. The van der Waals surface area contributed by atoms with E-state index in [1.54, 1.807) is 11.8 Å². The maximum absolute atomic E-state index is 11.5. The van der Waals surface area contributed by atoms with Crippen LogP contribution in [0.25, 0.3) is 0 Å². The number of hydrogen-bond donors (Lipinski definition) is 2. The molecular weight excluding hydrogens is 262 g/mol. The number of carboxylic acid groups (broad SMARTS) is 1. The zero-order chi connectivity index (χ0) is 14.5. The number of thioether (sulfide) groups is 1. The van der Waals surface area contributed by atoms with E-state index in [1.165, 1.54) is 0 Å². The molecule has 5 heteroatoms. The zero-order valence-corrected chi connectivity index (χ0v) is 13.3. The fraction of sp³-hybridized carbons (Fsp3) is 0.929. The first-order chi connectivity index (χ1) is 9.04. The van der Waals surface area contributed by atoms with Crippen LogP contribution in [0.15, 0.2) is 0 Å². The smallest absolute Gasteiger partial charge is 0.310 e. The van der Waals surface area contributed by atoms with Crippen molar-refractivity contribution < 1.29 is 14.6 Å². The molecule has 0 aromatic rings. The first-order valence-corrected chi connectivity index (χ1v) is 8.44. The third-order valence-electron chi connectivity index (χ3n) is 4.41. The predicted molar refractivity (Wildman–Crippen MR) is 79.8 cm³/mol. The summed E-state index contributed by atoms with van der Waals surface area (Å²) in [6.07, 6.45) is 4.73. The van der Waals surface area contributed by atoms with Crippen molar-refractivity contribution in [3.8, 4) is 0 Å². The summed E-state index contributed by atoms with van der Waals surface area (Å²) in [4.78, 5) is 11.5. The van der Waals surface area contributed by atoms with E-state index in [4.69, 9.17) is 4.74 Å². The Balaban J connectivity index is 2.50. The Labute approximate surface area is 120 Å². The summed E-state index contributed by atoms with van der Waals surface area (Å²) in [5.74, 6) is -0.689. The number of ether oxygens (including phenoxy) is 1. The van der Waals surface area contributed by atoms with E-state index >= 15 is 0 Å². The minimum atomic E-state index is -0.689. The molecule has 19 heavy (non-hydrogen) atoms. The second-order valence-corrected chi connectivity index (χ2v) is 6.23. The fourth-order valence-electron chi connectivity index (χ4n) is 2.68. The molecule has 0 saturated heterocycles. The van der Waals surface area contributed by atoms with Gasteiger partial charge in [0.15, 0.2) is 0 Å². The molecule has 2 N–H and O–H groups in total. The molecule has 1 saturated carbocycles. The zero-order valence-electron chi connectivity index (χ0n) is 12.4. The lowest BCUT2D eigenvalue weighted by molar-refractivity contribution is -0.149. The van der Waals surface area contributed by atoms with Crippen molar-refractivity contribution in [2.45, 2.75) is 57.4 Å². The molecule has 4 nitrogen and oxygen atoms in total. The van der Waals surface area contributed by atoms with Gasteiger partial charge in [0.05, 0.1) is 11.5 Å². The largest absolute Gasteiger partial charge is 0.481 e. The number of carboxylic acids is 1. The van der Waals surface area contributed by atoms with Crippen LogP contribution in [0.1, 0.15) is 40.0 Å². The third kappa shape index (κ3) is 3.64. The Kier molecular flexibility index (Phi) is 6.63. The SMILES string of the molecule is CCOC1CC(NCC(CC)(CC)C(=O)O)C1SC. The molecule has 1 rings (SSSR count). The van der Waals surface area contributed by atoms with Crippen molar-refractivity contribution in [1.82, 2.24) is 5.32 Å². The number of hydrogen-bond acceptors (Lipinski definition) is 4. The molecule has 3 unspecified atom stereocenters. The number of carbonyl (C=O) groups is 1. The molecule has 0 aromatic heterocycles. The predicted octanol–water partition coefficient (Wildman–Crippen LogP) is 2.38. The lowest BCUT2D eigenvalue weighted by atomic mass is 9.80. The summed E-state index contributed by atoms with van der Waals surface area (Å²) in [7, 11) is 0. The van der Waals surface area contributed by atoms with Crippen molar-refractivity contribution in [3.05, 3.63) is 0 Å². The maximum atomic E-state index is 11.5. The molecule has 1 aliphatic rings. The normalized spacial score (nSPS) is 27.1. The van der Waals surface area contributed by atoms with Crippen molar-refractivity contribution >= 4 is 17.7 Å². The van der Waals surface area contributed by atoms with Gasteiger partial charge in [-0.1, -0.05) is 13.8 Å². The van der Waals surface area contributed by atoms with Crippen molar-refractivity contribution in [2.24, 2.45) is 5.41 Å². The average molecular weight is 289 g/mol. The van der Waals surface area contributed by atoms with Crippen LogP contribution in [0.5, 0.6) is 0 Å². The minimum Gasteiger partial charge on any atom is -0.481 e. The number of rotatable bonds is 9. The molecule has 0 aromatic carbocycles. The van der Waals surface area contributed by atoms with Crippen LogP contribution in [-0.2, 0) is 9.53 Å². The van der Waals surface area contributed by atoms with Crippen molar-refractivity contribution in [1.29, 1.82) is 0 Å². The van der Waals surface area contributed by atoms with E-state index in [-0.39, 0.29) is 0 Å². The topological polar surface area (TPSA) is 58.6 Å². The summed E-state index contributed by atoms with van der Waals surface area (Å²) in [6, 6.07) is 0.378. The summed E-state index contributed by atoms with van der Waals surface area (Å²) in [5.41, 5.74) is -0.625. The van der Waals surface area contributed by atoms with Gasteiger partial charge in [0.1, 0.15) is 0 Å². The average Bonchev–Trinajstić information content (AvgIpc) is 2.37.